The van der Waals surface area contributed by atoms with Crippen LogP contribution >= 0.6 is 27.5 Å². The van der Waals surface area contributed by atoms with Gasteiger partial charge in [-0.05, 0) is 53.7 Å². The van der Waals surface area contributed by atoms with Gasteiger partial charge in [0.15, 0.2) is 0 Å². The molecule has 1 atom stereocenters. The van der Waals surface area contributed by atoms with Crippen LogP contribution in [-0.4, -0.2) is 6.54 Å². The maximum atomic E-state index is 14.4. The topological polar surface area (TPSA) is 12.0 Å². The van der Waals surface area contributed by atoms with Crippen LogP contribution in [0.4, 0.5) is 4.39 Å². The van der Waals surface area contributed by atoms with Crippen molar-refractivity contribution in [3.05, 3.63) is 33.0 Å². The van der Waals surface area contributed by atoms with Gasteiger partial charge in [-0.3, -0.25) is 0 Å². The zero-order valence-electron chi connectivity index (χ0n) is 10.7. The predicted molar refractivity (Wildman–Crippen MR) is 77.5 cm³/mol. The monoisotopic (exact) mass is 333 g/mol. The van der Waals surface area contributed by atoms with Crippen LogP contribution in [0.5, 0.6) is 0 Å². The lowest BCUT2D eigenvalue weighted by molar-refractivity contribution is 0.300. The lowest BCUT2D eigenvalue weighted by Crippen LogP contribution is -2.39. The molecule has 0 aromatic heterocycles. The van der Waals surface area contributed by atoms with Crippen LogP contribution in [0.15, 0.2) is 16.6 Å². The van der Waals surface area contributed by atoms with Crippen LogP contribution in [0, 0.1) is 11.7 Å². The maximum absolute atomic E-state index is 14.4. The average Bonchev–Trinajstić information content (AvgIpc) is 2.74. The summed E-state index contributed by atoms with van der Waals surface area (Å²) in [7, 11) is 0. The van der Waals surface area contributed by atoms with Gasteiger partial charge in [0, 0.05) is 15.6 Å². The summed E-state index contributed by atoms with van der Waals surface area (Å²) in [6.07, 6.45) is 2.99. The molecule has 0 bridgehead atoms. The Hall–Kier alpha value is -0.120. The zero-order valence-corrected chi connectivity index (χ0v) is 13.0. The molecule has 1 aliphatic heterocycles. The Morgan fingerprint density at radius 3 is 2.78 bits per heavy atom. The molecule has 0 spiro atoms. The third-order valence-corrected chi connectivity index (χ3v) is 4.81. The Bertz CT molecular complexity index is 442. The number of halogens is 3. The molecule has 1 aromatic carbocycles. The molecule has 1 nitrogen and oxygen atoms in total. The average molecular weight is 335 g/mol. The molecule has 1 unspecified atom stereocenters. The summed E-state index contributed by atoms with van der Waals surface area (Å²) in [5.41, 5.74) is 0.463. The molecule has 100 valence electrons. The summed E-state index contributed by atoms with van der Waals surface area (Å²) in [6.45, 7) is 5.28. The SMILES string of the molecule is CC(C)CC1(c2ccc(Br)c(Cl)c2F)CCCN1. The van der Waals surface area contributed by atoms with Crippen molar-refractivity contribution < 1.29 is 4.39 Å². The summed E-state index contributed by atoms with van der Waals surface area (Å²) >= 11 is 9.27. The number of hydrogen-bond donors (Lipinski definition) is 1. The quantitative estimate of drug-likeness (QED) is 0.778. The first-order chi connectivity index (χ1) is 8.46. The van der Waals surface area contributed by atoms with Crippen molar-refractivity contribution in [2.45, 2.75) is 38.6 Å². The summed E-state index contributed by atoms with van der Waals surface area (Å²) in [4.78, 5) is 0. The van der Waals surface area contributed by atoms with Crippen molar-refractivity contribution in [1.82, 2.24) is 5.32 Å². The molecule has 0 saturated carbocycles. The molecule has 1 saturated heterocycles. The molecule has 1 aromatic rings. The molecule has 1 heterocycles. The van der Waals surface area contributed by atoms with Crippen molar-refractivity contribution in [3.63, 3.8) is 0 Å². The van der Waals surface area contributed by atoms with Gasteiger partial charge in [-0.15, -0.1) is 0 Å². The summed E-state index contributed by atoms with van der Waals surface area (Å²) in [6, 6.07) is 3.69. The van der Waals surface area contributed by atoms with E-state index in [1.165, 1.54) is 0 Å². The number of benzene rings is 1. The zero-order chi connectivity index (χ0) is 13.3. The van der Waals surface area contributed by atoms with Crippen molar-refractivity contribution in [3.8, 4) is 0 Å². The Kier molecular flexibility index (Phi) is 4.35. The highest BCUT2D eigenvalue weighted by Crippen LogP contribution is 2.41. The highest BCUT2D eigenvalue weighted by atomic mass is 79.9. The lowest BCUT2D eigenvalue weighted by Gasteiger charge is -2.32. The Morgan fingerprint density at radius 2 is 2.22 bits per heavy atom. The van der Waals surface area contributed by atoms with E-state index < -0.39 is 0 Å². The van der Waals surface area contributed by atoms with Gasteiger partial charge in [0.05, 0.1) is 5.02 Å². The minimum atomic E-state index is -0.291. The molecule has 2 rings (SSSR count). The van der Waals surface area contributed by atoms with Gasteiger partial charge in [0.25, 0.3) is 0 Å². The summed E-state index contributed by atoms with van der Waals surface area (Å²) < 4.78 is 15.0. The number of nitrogens with one attached hydrogen (secondary N) is 1. The molecule has 0 aliphatic carbocycles. The van der Waals surface area contributed by atoms with E-state index in [0.29, 0.717) is 16.0 Å². The molecule has 1 aliphatic rings. The molecule has 4 heteroatoms. The fraction of sp³-hybridized carbons (Fsp3) is 0.571. The summed E-state index contributed by atoms with van der Waals surface area (Å²) in [5, 5.41) is 3.68. The van der Waals surface area contributed by atoms with Crippen molar-refractivity contribution in [2.24, 2.45) is 5.92 Å². The second kappa shape index (κ2) is 5.48. The van der Waals surface area contributed by atoms with Gasteiger partial charge in [0.2, 0.25) is 0 Å². The maximum Gasteiger partial charge on any atom is 0.147 e. The molecule has 1 fully saturated rings. The van der Waals surface area contributed by atoms with Crippen LogP contribution in [0.2, 0.25) is 5.02 Å². The highest BCUT2D eigenvalue weighted by molar-refractivity contribution is 9.10. The largest absolute Gasteiger partial charge is 0.307 e. The lowest BCUT2D eigenvalue weighted by atomic mass is 9.81. The minimum absolute atomic E-state index is 0.185. The molecule has 0 radical (unpaired) electrons. The summed E-state index contributed by atoms with van der Waals surface area (Å²) in [5.74, 6) is 0.221. The standard InChI is InChI=1S/C14H18BrClFN/c1-9(2)8-14(6-3-7-18-14)10-4-5-11(15)12(16)13(10)17/h4-5,9,18H,3,6-8H2,1-2H3. The molecular weight excluding hydrogens is 317 g/mol. The van der Waals surface area contributed by atoms with Crippen LogP contribution in [0.3, 0.4) is 0 Å². The van der Waals surface area contributed by atoms with Crippen LogP contribution in [0.25, 0.3) is 0 Å². The first-order valence-electron chi connectivity index (χ1n) is 6.35. The van der Waals surface area contributed by atoms with E-state index in [1.807, 2.05) is 12.1 Å². The van der Waals surface area contributed by atoms with Crippen LogP contribution < -0.4 is 5.32 Å². The molecule has 1 N–H and O–H groups in total. The van der Waals surface area contributed by atoms with E-state index in [4.69, 9.17) is 11.6 Å². The van der Waals surface area contributed by atoms with E-state index in [2.05, 4.69) is 35.1 Å². The third kappa shape index (κ3) is 2.59. The van der Waals surface area contributed by atoms with Gasteiger partial charge < -0.3 is 5.32 Å². The Labute approximate surface area is 121 Å². The van der Waals surface area contributed by atoms with Crippen LogP contribution in [-0.2, 0) is 5.54 Å². The van der Waals surface area contributed by atoms with E-state index in [-0.39, 0.29) is 16.4 Å². The molecular formula is C14H18BrClFN. The van der Waals surface area contributed by atoms with Gasteiger partial charge >= 0.3 is 0 Å². The van der Waals surface area contributed by atoms with Crippen molar-refractivity contribution in [1.29, 1.82) is 0 Å². The smallest absolute Gasteiger partial charge is 0.147 e. The second-order valence-electron chi connectivity index (χ2n) is 5.43. The van der Waals surface area contributed by atoms with Crippen LogP contribution in [0.1, 0.15) is 38.7 Å². The van der Waals surface area contributed by atoms with Gasteiger partial charge in [-0.1, -0.05) is 31.5 Å². The van der Waals surface area contributed by atoms with Crippen molar-refractivity contribution in [2.75, 3.05) is 6.54 Å². The highest BCUT2D eigenvalue weighted by Gasteiger charge is 2.38. The van der Waals surface area contributed by atoms with E-state index in [0.717, 1.165) is 25.8 Å². The number of rotatable bonds is 3. The van der Waals surface area contributed by atoms with Gasteiger partial charge in [-0.2, -0.15) is 0 Å². The second-order valence-corrected chi connectivity index (χ2v) is 6.67. The van der Waals surface area contributed by atoms with Crippen molar-refractivity contribution >= 4 is 27.5 Å². The van der Waals surface area contributed by atoms with E-state index in [1.54, 1.807) is 0 Å². The molecule has 18 heavy (non-hydrogen) atoms. The normalized spacial score (nSPS) is 23.9. The van der Waals surface area contributed by atoms with E-state index >= 15 is 0 Å². The fourth-order valence-electron chi connectivity index (χ4n) is 2.91. The first-order valence-corrected chi connectivity index (χ1v) is 7.52. The Balaban J connectivity index is 2.46. The van der Waals surface area contributed by atoms with Gasteiger partial charge in [-0.25, -0.2) is 4.39 Å². The fourth-order valence-corrected chi connectivity index (χ4v) is 3.38. The predicted octanol–water partition coefficient (Wildman–Crippen LogP) is 4.87. The van der Waals surface area contributed by atoms with E-state index in [9.17, 15) is 4.39 Å². The third-order valence-electron chi connectivity index (χ3n) is 3.55. The molecule has 0 amide bonds. The first kappa shape index (κ1) is 14.3. The van der Waals surface area contributed by atoms with Gasteiger partial charge in [0.1, 0.15) is 5.82 Å². The number of hydrogen-bond acceptors (Lipinski definition) is 1. The minimum Gasteiger partial charge on any atom is -0.307 e. The Morgan fingerprint density at radius 1 is 1.50 bits per heavy atom.